The highest BCUT2D eigenvalue weighted by molar-refractivity contribution is 5.79. The van der Waals surface area contributed by atoms with Gasteiger partial charge in [0, 0.05) is 45.5 Å². The number of aromatic nitrogens is 3. The minimum Gasteiger partial charge on any atom is -0.381 e. The third kappa shape index (κ3) is 5.98. The summed E-state index contributed by atoms with van der Waals surface area (Å²) in [5.74, 6) is 2.70. The second-order valence-electron chi connectivity index (χ2n) is 6.71. The third-order valence-electron chi connectivity index (χ3n) is 4.37. The molecule has 7 heteroatoms. The zero-order valence-corrected chi connectivity index (χ0v) is 15.7. The normalized spacial score (nSPS) is 14.7. The fraction of sp³-hybridized carbons (Fsp3) is 0.632. The number of fused-ring (bicyclic) bond motifs is 1. The van der Waals surface area contributed by atoms with E-state index in [2.05, 4.69) is 32.7 Å². The number of guanidine groups is 1. The number of hydrogen-bond acceptors (Lipinski definition) is 4. The largest absolute Gasteiger partial charge is 0.381 e. The third-order valence-corrected chi connectivity index (χ3v) is 4.37. The van der Waals surface area contributed by atoms with Crippen LogP contribution in [0.2, 0.25) is 0 Å². The van der Waals surface area contributed by atoms with Crippen LogP contribution >= 0.6 is 0 Å². The van der Waals surface area contributed by atoms with Crippen LogP contribution in [-0.2, 0) is 11.2 Å². The highest BCUT2D eigenvalue weighted by Gasteiger charge is 2.20. The summed E-state index contributed by atoms with van der Waals surface area (Å²) in [5.41, 5.74) is 0.893. The van der Waals surface area contributed by atoms with Crippen LogP contribution in [0.25, 0.3) is 5.65 Å². The molecule has 1 fully saturated rings. The topological polar surface area (TPSA) is 75.8 Å². The minimum atomic E-state index is 0.759. The first-order chi connectivity index (χ1) is 12.9. The van der Waals surface area contributed by atoms with Crippen molar-refractivity contribution >= 4 is 11.6 Å². The van der Waals surface area contributed by atoms with E-state index in [1.807, 2.05) is 28.8 Å². The molecule has 0 atom stereocenters. The summed E-state index contributed by atoms with van der Waals surface area (Å²) in [7, 11) is 0. The molecule has 2 N–H and O–H groups in total. The molecule has 142 valence electrons. The number of nitrogens with one attached hydrogen (secondary N) is 2. The van der Waals surface area contributed by atoms with Crippen LogP contribution < -0.4 is 10.6 Å². The maximum Gasteiger partial charge on any atom is 0.191 e. The van der Waals surface area contributed by atoms with Crippen LogP contribution in [0.5, 0.6) is 0 Å². The lowest BCUT2D eigenvalue weighted by molar-refractivity contribution is 0.123. The second-order valence-corrected chi connectivity index (χ2v) is 6.71. The van der Waals surface area contributed by atoms with E-state index in [-0.39, 0.29) is 0 Å². The molecule has 2 aromatic heterocycles. The molecule has 0 radical (unpaired) electrons. The van der Waals surface area contributed by atoms with Gasteiger partial charge < -0.3 is 15.4 Å². The van der Waals surface area contributed by atoms with Crippen molar-refractivity contribution in [3.8, 4) is 0 Å². The number of pyridine rings is 1. The quantitative estimate of drug-likeness (QED) is 0.365. The van der Waals surface area contributed by atoms with Crippen LogP contribution in [-0.4, -0.2) is 53.4 Å². The monoisotopic (exact) mass is 358 g/mol. The Labute approximate surface area is 155 Å². The van der Waals surface area contributed by atoms with E-state index < -0.39 is 0 Å². The van der Waals surface area contributed by atoms with Gasteiger partial charge in [-0.2, -0.15) is 0 Å². The Morgan fingerprint density at radius 1 is 1.27 bits per heavy atom. The molecule has 2 aromatic rings. The van der Waals surface area contributed by atoms with Gasteiger partial charge in [0.05, 0.1) is 0 Å². The molecule has 0 unspecified atom stereocenters. The molecule has 1 aliphatic rings. The molecule has 0 spiro atoms. The summed E-state index contributed by atoms with van der Waals surface area (Å²) in [6.45, 7) is 6.34. The number of nitrogens with zero attached hydrogens (tertiary/aromatic N) is 4. The Balaban J connectivity index is 1.34. The molecule has 2 heterocycles. The van der Waals surface area contributed by atoms with Gasteiger partial charge in [0.15, 0.2) is 11.6 Å². The molecule has 0 bridgehead atoms. The van der Waals surface area contributed by atoms with E-state index in [9.17, 15) is 0 Å². The minimum absolute atomic E-state index is 0.759. The fourth-order valence-electron chi connectivity index (χ4n) is 2.75. The highest BCUT2D eigenvalue weighted by Crippen LogP contribution is 2.28. The summed E-state index contributed by atoms with van der Waals surface area (Å²) in [5, 5.41) is 15.1. The molecule has 0 aliphatic heterocycles. The van der Waals surface area contributed by atoms with E-state index in [1.54, 1.807) is 0 Å². The standard InChI is InChI=1S/C19H30N6O/c1-2-20-19(22-12-6-14-26-15-16-9-10-16)21-11-5-8-18-24-23-17-7-3-4-13-25(17)18/h3-4,7,13,16H,2,5-6,8-12,14-15H2,1H3,(H2,20,21,22). The van der Waals surface area contributed by atoms with E-state index in [0.29, 0.717) is 0 Å². The average Bonchev–Trinajstić information content (AvgIpc) is 3.40. The van der Waals surface area contributed by atoms with Crippen LogP contribution in [0.1, 0.15) is 38.4 Å². The van der Waals surface area contributed by atoms with Gasteiger partial charge in [-0.1, -0.05) is 6.07 Å². The Bertz CT molecular complexity index is 694. The van der Waals surface area contributed by atoms with Gasteiger partial charge in [-0.3, -0.25) is 9.39 Å². The lowest BCUT2D eigenvalue weighted by atomic mass is 10.3. The SMILES string of the molecule is CCNC(=NCCCc1nnc2ccccn12)NCCCOCC1CC1. The van der Waals surface area contributed by atoms with Crippen molar-refractivity contribution in [3.05, 3.63) is 30.2 Å². The van der Waals surface area contributed by atoms with Crippen molar-refractivity contribution in [2.75, 3.05) is 32.8 Å². The molecule has 3 rings (SSSR count). The maximum atomic E-state index is 5.66. The molecule has 0 amide bonds. The second kappa shape index (κ2) is 10.1. The summed E-state index contributed by atoms with van der Waals surface area (Å²) in [4.78, 5) is 4.65. The Morgan fingerprint density at radius 2 is 2.19 bits per heavy atom. The summed E-state index contributed by atoms with van der Waals surface area (Å²) < 4.78 is 7.70. The van der Waals surface area contributed by atoms with Gasteiger partial charge in [0.2, 0.25) is 0 Å². The molecule has 7 nitrogen and oxygen atoms in total. The molecule has 0 aromatic carbocycles. The first kappa shape index (κ1) is 18.6. The number of aryl methyl sites for hydroxylation is 1. The smallest absolute Gasteiger partial charge is 0.191 e. The van der Waals surface area contributed by atoms with Crippen molar-refractivity contribution in [3.63, 3.8) is 0 Å². The molecular weight excluding hydrogens is 328 g/mol. The maximum absolute atomic E-state index is 5.66. The molecular formula is C19H30N6O. The zero-order valence-electron chi connectivity index (χ0n) is 15.7. The van der Waals surface area contributed by atoms with Crippen molar-refractivity contribution in [1.82, 2.24) is 25.2 Å². The Kier molecular flexibility index (Phi) is 7.25. The van der Waals surface area contributed by atoms with E-state index in [4.69, 9.17) is 4.74 Å². The predicted molar refractivity (Wildman–Crippen MR) is 103 cm³/mol. The Hall–Kier alpha value is -2.15. The van der Waals surface area contributed by atoms with Gasteiger partial charge >= 0.3 is 0 Å². The van der Waals surface area contributed by atoms with Crippen LogP contribution in [0.3, 0.4) is 0 Å². The number of aliphatic imine (C=N–C) groups is 1. The number of hydrogen-bond donors (Lipinski definition) is 2. The van der Waals surface area contributed by atoms with Crippen LogP contribution in [0.4, 0.5) is 0 Å². The van der Waals surface area contributed by atoms with Crippen molar-refractivity contribution < 1.29 is 4.74 Å². The van der Waals surface area contributed by atoms with Crippen molar-refractivity contribution in [2.45, 2.75) is 39.0 Å². The highest BCUT2D eigenvalue weighted by atomic mass is 16.5. The average molecular weight is 358 g/mol. The van der Waals surface area contributed by atoms with Gasteiger partial charge in [-0.05, 0) is 50.7 Å². The van der Waals surface area contributed by atoms with Gasteiger partial charge in [-0.25, -0.2) is 0 Å². The summed E-state index contributed by atoms with van der Waals surface area (Å²) in [6, 6.07) is 5.94. The lowest BCUT2D eigenvalue weighted by Gasteiger charge is -2.11. The molecule has 1 saturated carbocycles. The van der Waals surface area contributed by atoms with Gasteiger partial charge in [-0.15, -0.1) is 10.2 Å². The number of rotatable bonds is 11. The van der Waals surface area contributed by atoms with Crippen molar-refractivity contribution in [2.24, 2.45) is 10.9 Å². The first-order valence-electron chi connectivity index (χ1n) is 9.75. The fourth-order valence-corrected chi connectivity index (χ4v) is 2.75. The number of ether oxygens (including phenoxy) is 1. The van der Waals surface area contributed by atoms with E-state index in [0.717, 1.165) is 75.5 Å². The zero-order chi connectivity index (χ0) is 18.0. The van der Waals surface area contributed by atoms with Crippen molar-refractivity contribution in [1.29, 1.82) is 0 Å². The summed E-state index contributed by atoms with van der Waals surface area (Å²) in [6.07, 6.45) is 7.51. The van der Waals surface area contributed by atoms with E-state index >= 15 is 0 Å². The lowest BCUT2D eigenvalue weighted by Crippen LogP contribution is -2.38. The molecule has 0 saturated heterocycles. The Morgan fingerprint density at radius 3 is 3.04 bits per heavy atom. The summed E-state index contributed by atoms with van der Waals surface area (Å²) >= 11 is 0. The predicted octanol–water partition coefficient (Wildman–Crippen LogP) is 2.03. The molecule has 1 aliphatic carbocycles. The first-order valence-corrected chi connectivity index (χ1v) is 9.75. The van der Waals surface area contributed by atoms with Gasteiger partial charge in [0.1, 0.15) is 5.82 Å². The van der Waals surface area contributed by atoms with Crippen LogP contribution in [0.15, 0.2) is 29.4 Å². The molecule has 26 heavy (non-hydrogen) atoms. The van der Waals surface area contributed by atoms with Gasteiger partial charge in [0.25, 0.3) is 0 Å². The van der Waals surface area contributed by atoms with Crippen LogP contribution in [0, 0.1) is 5.92 Å². The van der Waals surface area contributed by atoms with E-state index in [1.165, 1.54) is 12.8 Å².